The van der Waals surface area contributed by atoms with Crippen molar-refractivity contribution in [1.82, 2.24) is 30.0 Å². The number of hydrogen-bond acceptors (Lipinski definition) is 6. The molecule has 9 heteroatoms. The van der Waals surface area contributed by atoms with Crippen molar-refractivity contribution in [1.29, 1.82) is 0 Å². The lowest BCUT2D eigenvalue weighted by atomic mass is 10.4. The number of halogens is 1. The van der Waals surface area contributed by atoms with Crippen molar-refractivity contribution < 1.29 is 4.79 Å². The molecular weight excluding hydrogens is 282 g/mol. The molecule has 8 nitrogen and oxygen atoms in total. The van der Waals surface area contributed by atoms with Gasteiger partial charge in [0.15, 0.2) is 0 Å². The highest BCUT2D eigenvalue weighted by atomic mass is 35.5. The molecule has 0 aromatic carbocycles. The van der Waals surface area contributed by atoms with Crippen molar-refractivity contribution in [2.45, 2.75) is 19.9 Å². The molecule has 0 saturated heterocycles. The molecule has 2 N–H and O–H groups in total. The summed E-state index contributed by atoms with van der Waals surface area (Å²) in [6, 6.07) is 1.81. The summed E-state index contributed by atoms with van der Waals surface area (Å²) in [5, 5.41) is 9.57. The number of anilines is 1. The number of rotatable bonds is 5. The molecule has 0 aliphatic rings. The highest BCUT2D eigenvalue weighted by Gasteiger charge is 2.09. The second-order valence-electron chi connectivity index (χ2n) is 4.25. The average molecular weight is 296 g/mol. The number of nitrogens with zero attached hydrogens (tertiary/aromatic N) is 5. The molecule has 0 aliphatic heterocycles. The van der Waals surface area contributed by atoms with E-state index in [1.165, 1.54) is 4.68 Å². The first-order valence-corrected chi connectivity index (χ1v) is 6.37. The SMILES string of the molecule is CC(C)NC(=O)CNc1nc(Cl)nc(-n2cccn2)n1. The predicted molar refractivity (Wildman–Crippen MR) is 73.7 cm³/mol. The van der Waals surface area contributed by atoms with Crippen LogP contribution in [-0.2, 0) is 4.79 Å². The third kappa shape index (κ3) is 3.89. The topological polar surface area (TPSA) is 97.6 Å². The van der Waals surface area contributed by atoms with E-state index in [0.717, 1.165) is 0 Å². The van der Waals surface area contributed by atoms with Gasteiger partial charge in [-0.05, 0) is 31.5 Å². The molecule has 0 radical (unpaired) electrons. The zero-order valence-electron chi connectivity index (χ0n) is 11.0. The van der Waals surface area contributed by atoms with E-state index in [4.69, 9.17) is 11.6 Å². The molecule has 2 rings (SSSR count). The Hall–Kier alpha value is -2.22. The Morgan fingerprint density at radius 2 is 2.20 bits per heavy atom. The van der Waals surface area contributed by atoms with Crippen LogP contribution in [0.2, 0.25) is 5.28 Å². The molecule has 0 spiro atoms. The fraction of sp³-hybridized carbons (Fsp3) is 0.364. The van der Waals surface area contributed by atoms with E-state index in [9.17, 15) is 4.79 Å². The lowest BCUT2D eigenvalue weighted by Crippen LogP contribution is -2.35. The van der Waals surface area contributed by atoms with E-state index < -0.39 is 0 Å². The first-order chi connectivity index (χ1) is 9.54. The quantitative estimate of drug-likeness (QED) is 0.840. The maximum Gasteiger partial charge on any atom is 0.256 e. The van der Waals surface area contributed by atoms with Crippen LogP contribution in [0.3, 0.4) is 0 Å². The van der Waals surface area contributed by atoms with Gasteiger partial charge in [-0.15, -0.1) is 0 Å². The van der Waals surface area contributed by atoms with Crippen LogP contribution in [0.5, 0.6) is 0 Å². The fourth-order valence-corrected chi connectivity index (χ4v) is 1.60. The van der Waals surface area contributed by atoms with Gasteiger partial charge in [0.05, 0.1) is 6.54 Å². The summed E-state index contributed by atoms with van der Waals surface area (Å²) in [6.07, 6.45) is 3.28. The predicted octanol–water partition coefficient (Wildman–Crippen LogP) is 0.647. The highest BCUT2D eigenvalue weighted by molar-refractivity contribution is 6.28. The molecule has 0 unspecified atom stereocenters. The molecule has 0 fully saturated rings. The molecular formula is C11H14ClN7O. The maximum atomic E-state index is 11.5. The van der Waals surface area contributed by atoms with Crippen LogP contribution in [0, 0.1) is 0 Å². The Bertz CT molecular complexity index is 584. The van der Waals surface area contributed by atoms with Gasteiger partial charge in [0.25, 0.3) is 5.95 Å². The normalized spacial score (nSPS) is 10.6. The molecule has 2 aromatic rings. The average Bonchev–Trinajstić information content (AvgIpc) is 2.89. The second kappa shape index (κ2) is 6.29. The van der Waals surface area contributed by atoms with Crippen molar-refractivity contribution in [2.24, 2.45) is 0 Å². The number of carbonyl (C=O) groups is 1. The number of nitrogens with one attached hydrogen (secondary N) is 2. The van der Waals surface area contributed by atoms with Crippen molar-refractivity contribution in [3.63, 3.8) is 0 Å². The van der Waals surface area contributed by atoms with Crippen molar-refractivity contribution in [3.8, 4) is 5.95 Å². The minimum absolute atomic E-state index is 0.0252. The van der Waals surface area contributed by atoms with E-state index in [1.54, 1.807) is 18.5 Å². The molecule has 0 bridgehead atoms. The molecule has 106 valence electrons. The van der Waals surface area contributed by atoms with Gasteiger partial charge in [-0.2, -0.15) is 20.1 Å². The maximum absolute atomic E-state index is 11.5. The summed E-state index contributed by atoms with van der Waals surface area (Å²) >= 11 is 5.82. The second-order valence-corrected chi connectivity index (χ2v) is 4.59. The van der Waals surface area contributed by atoms with Crippen LogP contribution < -0.4 is 10.6 Å². The van der Waals surface area contributed by atoms with Gasteiger partial charge in [0.2, 0.25) is 17.1 Å². The van der Waals surface area contributed by atoms with Crippen LogP contribution >= 0.6 is 11.6 Å². The Kier molecular flexibility index (Phi) is 4.46. The van der Waals surface area contributed by atoms with E-state index in [0.29, 0.717) is 0 Å². The van der Waals surface area contributed by atoms with Gasteiger partial charge >= 0.3 is 0 Å². The van der Waals surface area contributed by atoms with Crippen LogP contribution in [0.15, 0.2) is 18.5 Å². The van der Waals surface area contributed by atoms with E-state index in [2.05, 4.69) is 30.7 Å². The Morgan fingerprint density at radius 3 is 2.85 bits per heavy atom. The number of aromatic nitrogens is 5. The molecule has 20 heavy (non-hydrogen) atoms. The monoisotopic (exact) mass is 295 g/mol. The minimum Gasteiger partial charge on any atom is -0.352 e. The van der Waals surface area contributed by atoms with Crippen molar-refractivity contribution >= 4 is 23.5 Å². The Balaban J connectivity index is 2.07. The number of carbonyl (C=O) groups excluding carboxylic acids is 1. The molecule has 0 saturated carbocycles. The first kappa shape index (κ1) is 14.2. The van der Waals surface area contributed by atoms with Gasteiger partial charge in [0, 0.05) is 18.4 Å². The zero-order valence-corrected chi connectivity index (χ0v) is 11.8. The fourth-order valence-electron chi connectivity index (χ4n) is 1.44. The van der Waals surface area contributed by atoms with Crippen LogP contribution in [-0.4, -0.2) is 43.2 Å². The van der Waals surface area contributed by atoms with Gasteiger partial charge in [-0.25, -0.2) is 4.68 Å². The largest absolute Gasteiger partial charge is 0.352 e. The summed E-state index contributed by atoms with van der Waals surface area (Å²) in [5.74, 6) is 0.341. The summed E-state index contributed by atoms with van der Waals surface area (Å²) in [4.78, 5) is 23.5. The van der Waals surface area contributed by atoms with E-state index >= 15 is 0 Å². The molecule has 0 atom stereocenters. The van der Waals surface area contributed by atoms with Gasteiger partial charge in [0.1, 0.15) is 0 Å². The minimum atomic E-state index is -0.155. The summed E-state index contributed by atoms with van der Waals surface area (Å²) in [5.41, 5.74) is 0. The van der Waals surface area contributed by atoms with Gasteiger partial charge < -0.3 is 10.6 Å². The van der Waals surface area contributed by atoms with Crippen molar-refractivity contribution in [2.75, 3.05) is 11.9 Å². The third-order valence-electron chi connectivity index (χ3n) is 2.16. The number of amides is 1. The molecule has 0 aliphatic carbocycles. The lowest BCUT2D eigenvalue weighted by molar-refractivity contribution is -0.119. The zero-order chi connectivity index (χ0) is 14.5. The Labute approximate surface area is 120 Å². The third-order valence-corrected chi connectivity index (χ3v) is 2.33. The Morgan fingerprint density at radius 1 is 1.40 bits per heavy atom. The summed E-state index contributed by atoms with van der Waals surface area (Å²) in [7, 11) is 0. The van der Waals surface area contributed by atoms with E-state index in [1.807, 2.05) is 13.8 Å². The van der Waals surface area contributed by atoms with Gasteiger partial charge in [-0.1, -0.05) is 0 Å². The molecule has 2 aromatic heterocycles. The number of hydrogen-bond donors (Lipinski definition) is 2. The standard InChI is InChI=1S/C11H14ClN7O/c1-7(2)15-8(20)6-13-10-16-9(12)17-11(18-10)19-5-3-4-14-19/h3-5,7H,6H2,1-2H3,(H,15,20)(H,13,16,17,18). The summed E-state index contributed by atoms with van der Waals surface area (Å²) in [6.45, 7) is 3.82. The molecule has 1 amide bonds. The lowest BCUT2D eigenvalue weighted by Gasteiger charge is -2.09. The van der Waals surface area contributed by atoms with Crippen LogP contribution in [0.25, 0.3) is 5.95 Å². The van der Waals surface area contributed by atoms with Crippen LogP contribution in [0.1, 0.15) is 13.8 Å². The summed E-state index contributed by atoms with van der Waals surface area (Å²) < 4.78 is 1.45. The van der Waals surface area contributed by atoms with Crippen LogP contribution in [0.4, 0.5) is 5.95 Å². The smallest absolute Gasteiger partial charge is 0.256 e. The van der Waals surface area contributed by atoms with Gasteiger partial charge in [-0.3, -0.25) is 4.79 Å². The first-order valence-electron chi connectivity index (χ1n) is 5.99. The van der Waals surface area contributed by atoms with Crippen molar-refractivity contribution in [3.05, 3.63) is 23.7 Å². The highest BCUT2D eigenvalue weighted by Crippen LogP contribution is 2.08. The molecule has 2 heterocycles. The van der Waals surface area contributed by atoms with E-state index in [-0.39, 0.29) is 35.7 Å².